The average Bonchev–Trinajstić information content (AvgIpc) is 2.84. The van der Waals surface area contributed by atoms with E-state index in [4.69, 9.17) is 14.6 Å². The molecule has 2 N–H and O–H groups in total. The number of hydrogen-bond donors (Lipinski definition) is 1. The van der Waals surface area contributed by atoms with Crippen molar-refractivity contribution in [1.82, 2.24) is 9.55 Å². The summed E-state index contributed by atoms with van der Waals surface area (Å²) < 4.78 is 16.1. The number of anilines is 1. The number of aryl methyl sites for hydroxylation is 3. The topological polar surface area (TPSA) is 91.8 Å². The Morgan fingerprint density at radius 2 is 1.64 bits per heavy atom. The van der Waals surface area contributed by atoms with Gasteiger partial charge in [0.05, 0.1) is 30.4 Å². The van der Waals surface area contributed by atoms with Gasteiger partial charge in [0.15, 0.2) is 0 Å². The molecule has 0 saturated carbocycles. The number of rotatable bonds is 5. The number of benzene rings is 2. The molecule has 2 aromatic carbocycles. The summed E-state index contributed by atoms with van der Waals surface area (Å²) in [5, 5.41) is 6.35. The number of morpholine rings is 1. The molecule has 0 atom stereocenters. The standard InChI is InChI=1S/C22H26N4O2S.C3H6O.C2H6O/c1-15-11-18(29-23)12-16(2)19(15)5-6-26-14-24-21-13-17(3-4-20(21)22(26)27)25-7-9-28-10-8-25;1-2-4-3-1;1-3-2/h3-4,11-14H,5-10,23H2,1-2H3;1-3H2;1-2H3. The molecular formula is C27H38N4O4S. The van der Waals surface area contributed by atoms with Gasteiger partial charge in [-0.05, 0) is 85.7 Å². The third-order valence-electron chi connectivity index (χ3n) is 6.17. The Morgan fingerprint density at radius 1 is 1.03 bits per heavy atom. The molecule has 0 aliphatic carbocycles. The lowest BCUT2D eigenvalue weighted by atomic mass is 10.00. The van der Waals surface area contributed by atoms with Crippen LogP contribution in [-0.4, -0.2) is 63.3 Å². The van der Waals surface area contributed by atoms with E-state index in [2.05, 4.69) is 40.6 Å². The number of methoxy groups -OCH3 is 1. The summed E-state index contributed by atoms with van der Waals surface area (Å²) >= 11 is 1.26. The second kappa shape index (κ2) is 14.3. The fourth-order valence-electron chi connectivity index (χ4n) is 4.12. The van der Waals surface area contributed by atoms with Crippen LogP contribution in [0.15, 0.2) is 46.3 Å². The quantitative estimate of drug-likeness (QED) is 0.515. The van der Waals surface area contributed by atoms with E-state index >= 15 is 0 Å². The van der Waals surface area contributed by atoms with Crippen LogP contribution in [0.3, 0.4) is 0 Å². The minimum Gasteiger partial charge on any atom is -0.388 e. The monoisotopic (exact) mass is 514 g/mol. The number of nitrogens with zero attached hydrogens (tertiary/aromatic N) is 3. The van der Waals surface area contributed by atoms with E-state index in [-0.39, 0.29) is 5.56 Å². The van der Waals surface area contributed by atoms with Crippen molar-refractivity contribution in [2.24, 2.45) is 5.14 Å². The van der Waals surface area contributed by atoms with Crippen molar-refractivity contribution in [1.29, 1.82) is 0 Å². The highest BCUT2D eigenvalue weighted by Gasteiger charge is 2.13. The SMILES string of the molecule is C1COC1.COC.Cc1cc(SN)cc(C)c1CCn1cnc2cc(N3CCOCC3)ccc2c1=O. The van der Waals surface area contributed by atoms with Crippen LogP contribution >= 0.6 is 11.9 Å². The summed E-state index contributed by atoms with van der Waals surface area (Å²) in [7, 11) is 3.25. The predicted molar refractivity (Wildman–Crippen MR) is 147 cm³/mol. The van der Waals surface area contributed by atoms with Gasteiger partial charge in [-0.1, -0.05) is 0 Å². The van der Waals surface area contributed by atoms with Gasteiger partial charge in [-0.2, -0.15) is 0 Å². The first-order valence-electron chi connectivity index (χ1n) is 12.2. The van der Waals surface area contributed by atoms with Crippen molar-refractivity contribution >= 4 is 28.5 Å². The molecule has 36 heavy (non-hydrogen) atoms. The first-order chi connectivity index (χ1) is 17.5. The molecule has 0 amide bonds. The van der Waals surface area contributed by atoms with Crippen LogP contribution in [0.5, 0.6) is 0 Å². The average molecular weight is 515 g/mol. The molecule has 9 heteroatoms. The van der Waals surface area contributed by atoms with Gasteiger partial charge in [-0.15, -0.1) is 0 Å². The highest BCUT2D eigenvalue weighted by Crippen LogP contribution is 2.23. The van der Waals surface area contributed by atoms with E-state index < -0.39 is 0 Å². The largest absolute Gasteiger partial charge is 0.388 e. The van der Waals surface area contributed by atoms with E-state index in [1.165, 1.54) is 35.1 Å². The molecule has 1 aromatic heterocycles. The van der Waals surface area contributed by atoms with Crippen LogP contribution in [0.4, 0.5) is 5.69 Å². The smallest absolute Gasteiger partial charge is 0.261 e. The maximum atomic E-state index is 13.0. The van der Waals surface area contributed by atoms with E-state index in [0.29, 0.717) is 11.9 Å². The molecule has 0 spiro atoms. The van der Waals surface area contributed by atoms with Crippen LogP contribution in [0.2, 0.25) is 0 Å². The molecule has 2 saturated heterocycles. The van der Waals surface area contributed by atoms with Crippen LogP contribution < -0.4 is 15.6 Å². The molecule has 2 aliphatic rings. The predicted octanol–water partition coefficient (Wildman–Crippen LogP) is 3.73. The van der Waals surface area contributed by atoms with E-state index in [1.54, 1.807) is 25.1 Å². The molecule has 0 bridgehead atoms. The number of nitrogens with two attached hydrogens (primary N) is 1. The van der Waals surface area contributed by atoms with Gasteiger partial charge in [0.1, 0.15) is 0 Å². The minimum absolute atomic E-state index is 0.00738. The Bertz CT molecular complexity index is 1150. The lowest BCUT2D eigenvalue weighted by Crippen LogP contribution is -2.36. The van der Waals surface area contributed by atoms with Crippen molar-refractivity contribution < 1.29 is 14.2 Å². The lowest BCUT2D eigenvalue weighted by Gasteiger charge is -2.28. The van der Waals surface area contributed by atoms with Crippen molar-refractivity contribution in [3.63, 3.8) is 0 Å². The molecule has 2 fully saturated rings. The van der Waals surface area contributed by atoms with Gasteiger partial charge >= 0.3 is 0 Å². The minimum atomic E-state index is 0.00738. The van der Waals surface area contributed by atoms with Gasteiger partial charge in [-0.25, -0.2) is 4.98 Å². The van der Waals surface area contributed by atoms with Crippen LogP contribution in [0.25, 0.3) is 10.9 Å². The van der Waals surface area contributed by atoms with Crippen molar-refractivity contribution in [2.75, 3.05) is 58.6 Å². The molecule has 3 aromatic rings. The van der Waals surface area contributed by atoms with Gasteiger partial charge in [0.25, 0.3) is 5.56 Å². The zero-order valence-electron chi connectivity index (χ0n) is 21.8. The Balaban J connectivity index is 0.000000452. The van der Waals surface area contributed by atoms with E-state index in [1.807, 2.05) is 18.2 Å². The molecule has 3 heterocycles. The van der Waals surface area contributed by atoms with Crippen LogP contribution in [0, 0.1) is 13.8 Å². The molecule has 8 nitrogen and oxygen atoms in total. The Kier molecular flexibility index (Phi) is 11.2. The van der Waals surface area contributed by atoms with Gasteiger partial charge < -0.3 is 19.1 Å². The highest BCUT2D eigenvalue weighted by atomic mass is 32.2. The van der Waals surface area contributed by atoms with Crippen LogP contribution in [-0.2, 0) is 27.2 Å². The molecule has 0 radical (unpaired) electrons. The van der Waals surface area contributed by atoms with Crippen LogP contribution in [0.1, 0.15) is 23.1 Å². The summed E-state index contributed by atoms with van der Waals surface area (Å²) in [6.07, 6.45) is 3.73. The third kappa shape index (κ3) is 7.54. The Morgan fingerprint density at radius 3 is 2.19 bits per heavy atom. The second-order valence-electron chi connectivity index (χ2n) is 8.82. The molecule has 2 aliphatic heterocycles. The summed E-state index contributed by atoms with van der Waals surface area (Å²) in [6, 6.07) is 10.1. The highest BCUT2D eigenvalue weighted by molar-refractivity contribution is 7.97. The number of fused-ring (bicyclic) bond motifs is 1. The van der Waals surface area contributed by atoms with Crippen molar-refractivity contribution in [3.8, 4) is 0 Å². The van der Waals surface area contributed by atoms with Gasteiger partial charge in [0.2, 0.25) is 0 Å². The van der Waals surface area contributed by atoms with Crippen molar-refractivity contribution in [3.05, 3.63) is 63.7 Å². The van der Waals surface area contributed by atoms with Crippen molar-refractivity contribution in [2.45, 2.75) is 38.1 Å². The fraction of sp³-hybridized carbons (Fsp3) is 0.481. The zero-order valence-corrected chi connectivity index (χ0v) is 22.6. The first-order valence-corrected chi connectivity index (χ1v) is 13.1. The second-order valence-corrected chi connectivity index (χ2v) is 9.53. The zero-order chi connectivity index (χ0) is 25.9. The Labute approximate surface area is 217 Å². The number of aromatic nitrogens is 2. The lowest BCUT2D eigenvalue weighted by molar-refractivity contribution is 0.0367. The van der Waals surface area contributed by atoms with Gasteiger partial charge in [-0.3, -0.25) is 14.5 Å². The summed E-state index contributed by atoms with van der Waals surface area (Å²) in [4.78, 5) is 20.9. The van der Waals surface area contributed by atoms with Gasteiger partial charge in [0, 0.05) is 57.7 Å². The summed E-state index contributed by atoms with van der Waals surface area (Å²) in [6.45, 7) is 9.98. The number of ether oxygens (including phenoxy) is 3. The number of hydrogen-bond acceptors (Lipinski definition) is 8. The maximum Gasteiger partial charge on any atom is 0.261 e. The molecule has 196 valence electrons. The van der Waals surface area contributed by atoms with E-state index in [0.717, 1.165) is 62.0 Å². The third-order valence-corrected chi connectivity index (χ3v) is 6.68. The molecular weight excluding hydrogens is 476 g/mol. The summed E-state index contributed by atoms with van der Waals surface area (Å²) in [5.74, 6) is 0. The normalized spacial score (nSPS) is 14.9. The summed E-state index contributed by atoms with van der Waals surface area (Å²) in [5.41, 5.74) is 5.51. The first kappa shape index (κ1) is 28.1. The Hall–Kier alpha value is -2.43. The fourth-order valence-corrected chi connectivity index (χ4v) is 4.61. The molecule has 0 unspecified atom stereocenters. The van der Waals surface area contributed by atoms with E-state index in [9.17, 15) is 4.79 Å². The molecule has 5 rings (SSSR count). The maximum absolute atomic E-state index is 13.0.